The first-order valence-electron chi connectivity index (χ1n) is 8.72. The summed E-state index contributed by atoms with van der Waals surface area (Å²) in [6, 6.07) is 20.6. The van der Waals surface area contributed by atoms with E-state index >= 15 is 0 Å². The van der Waals surface area contributed by atoms with Crippen LogP contribution in [0.15, 0.2) is 60.7 Å². The monoisotopic (exact) mass is 312 g/mol. The Bertz CT molecular complexity index is 485. The zero-order valence-electron chi connectivity index (χ0n) is 14.3. The van der Waals surface area contributed by atoms with E-state index in [0.717, 1.165) is 36.8 Å². The molecule has 0 fully saturated rings. The molecule has 0 aromatic heterocycles. The Kier molecular flexibility index (Phi) is 7.31. The molecule has 0 aliphatic heterocycles. The Hall–Kier alpha value is -1.64. The number of hydrogen-bond donors (Lipinski definition) is 0. The van der Waals surface area contributed by atoms with Crippen LogP contribution in [0.5, 0.6) is 0 Å². The highest BCUT2D eigenvalue weighted by Crippen LogP contribution is 2.35. The zero-order valence-corrected chi connectivity index (χ0v) is 14.3. The lowest BCUT2D eigenvalue weighted by atomic mass is 9.96. The van der Waals surface area contributed by atoms with Gasteiger partial charge in [0, 0.05) is 11.1 Å². The third kappa shape index (κ3) is 4.66. The molecule has 0 saturated heterocycles. The summed E-state index contributed by atoms with van der Waals surface area (Å²) >= 11 is 0. The maximum Gasteiger partial charge on any atom is 0.222 e. The van der Waals surface area contributed by atoms with Crippen molar-refractivity contribution in [2.24, 2.45) is 0 Å². The van der Waals surface area contributed by atoms with Gasteiger partial charge in [-0.1, -0.05) is 87.4 Å². The van der Waals surface area contributed by atoms with Crippen molar-refractivity contribution in [1.29, 1.82) is 0 Å². The van der Waals surface area contributed by atoms with Gasteiger partial charge in [-0.3, -0.25) is 0 Å². The Morgan fingerprint density at radius 1 is 0.652 bits per heavy atom. The van der Waals surface area contributed by atoms with Crippen LogP contribution < -0.4 is 0 Å². The molecule has 0 saturated carbocycles. The number of hydrogen-bond acceptors (Lipinski definition) is 2. The molecule has 2 aromatic rings. The summed E-state index contributed by atoms with van der Waals surface area (Å²) in [6.45, 7) is 5.72. The molecule has 0 heterocycles. The Morgan fingerprint density at radius 2 is 1.04 bits per heavy atom. The average Bonchev–Trinajstić information content (AvgIpc) is 2.62. The van der Waals surface area contributed by atoms with E-state index in [9.17, 15) is 0 Å². The van der Waals surface area contributed by atoms with E-state index in [0.29, 0.717) is 13.2 Å². The van der Waals surface area contributed by atoms with E-state index < -0.39 is 5.79 Å². The van der Waals surface area contributed by atoms with Crippen molar-refractivity contribution in [3.05, 3.63) is 71.8 Å². The Morgan fingerprint density at radius 3 is 1.39 bits per heavy atom. The van der Waals surface area contributed by atoms with Crippen molar-refractivity contribution in [2.45, 2.75) is 45.3 Å². The largest absolute Gasteiger partial charge is 0.342 e. The summed E-state index contributed by atoms with van der Waals surface area (Å²) in [4.78, 5) is 0. The first-order chi connectivity index (χ1) is 11.3. The summed E-state index contributed by atoms with van der Waals surface area (Å²) in [5.74, 6) is -0.813. The molecule has 0 atom stereocenters. The van der Waals surface area contributed by atoms with Crippen molar-refractivity contribution < 1.29 is 9.47 Å². The van der Waals surface area contributed by atoms with E-state index in [1.54, 1.807) is 0 Å². The smallest absolute Gasteiger partial charge is 0.222 e. The molecule has 124 valence electrons. The molecule has 2 aromatic carbocycles. The molecular formula is C21H28O2. The minimum atomic E-state index is -0.813. The number of rotatable bonds is 10. The van der Waals surface area contributed by atoms with Crippen molar-refractivity contribution in [3.8, 4) is 0 Å². The lowest BCUT2D eigenvalue weighted by Crippen LogP contribution is -2.35. The highest BCUT2D eigenvalue weighted by molar-refractivity contribution is 5.33. The van der Waals surface area contributed by atoms with Crippen LogP contribution in [0, 0.1) is 0 Å². The molecule has 0 N–H and O–H groups in total. The number of benzene rings is 2. The predicted octanol–water partition coefficient (Wildman–Crippen LogP) is 5.52. The van der Waals surface area contributed by atoms with Gasteiger partial charge in [0.2, 0.25) is 5.79 Å². The van der Waals surface area contributed by atoms with Gasteiger partial charge in [0.25, 0.3) is 0 Å². The topological polar surface area (TPSA) is 18.5 Å². The second-order valence-electron chi connectivity index (χ2n) is 5.75. The fourth-order valence-corrected chi connectivity index (χ4v) is 2.58. The molecule has 0 radical (unpaired) electrons. The second-order valence-corrected chi connectivity index (χ2v) is 5.75. The average molecular weight is 312 g/mol. The lowest BCUT2D eigenvalue weighted by Gasteiger charge is -2.35. The quantitative estimate of drug-likeness (QED) is 0.425. The van der Waals surface area contributed by atoms with Crippen molar-refractivity contribution in [3.63, 3.8) is 0 Å². The fraction of sp³-hybridized carbons (Fsp3) is 0.429. The van der Waals surface area contributed by atoms with Gasteiger partial charge in [-0.25, -0.2) is 0 Å². The van der Waals surface area contributed by atoms with Gasteiger partial charge in [0.05, 0.1) is 13.2 Å². The van der Waals surface area contributed by atoms with E-state index in [1.807, 2.05) is 36.4 Å². The normalized spacial score (nSPS) is 11.6. The fourth-order valence-electron chi connectivity index (χ4n) is 2.58. The molecule has 0 spiro atoms. The third-order valence-electron chi connectivity index (χ3n) is 3.91. The molecule has 0 aliphatic rings. The van der Waals surface area contributed by atoms with Gasteiger partial charge < -0.3 is 9.47 Å². The first kappa shape index (κ1) is 17.7. The van der Waals surface area contributed by atoms with Crippen molar-refractivity contribution in [1.82, 2.24) is 0 Å². The summed E-state index contributed by atoms with van der Waals surface area (Å²) < 4.78 is 12.7. The SMILES string of the molecule is CCCCOC(OCCCC)(c1ccccc1)c1ccccc1. The van der Waals surface area contributed by atoms with Crippen LogP contribution in [0.1, 0.15) is 50.7 Å². The van der Waals surface area contributed by atoms with E-state index in [-0.39, 0.29) is 0 Å². The first-order valence-corrected chi connectivity index (χ1v) is 8.72. The Balaban J connectivity index is 2.39. The zero-order chi connectivity index (χ0) is 16.4. The van der Waals surface area contributed by atoms with Crippen molar-refractivity contribution >= 4 is 0 Å². The molecule has 2 nitrogen and oxygen atoms in total. The van der Waals surface area contributed by atoms with Crippen LogP contribution in [0.25, 0.3) is 0 Å². The summed E-state index contributed by atoms with van der Waals surface area (Å²) in [7, 11) is 0. The van der Waals surface area contributed by atoms with Gasteiger partial charge in [-0.05, 0) is 12.8 Å². The van der Waals surface area contributed by atoms with Crippen LogP contribution in [-0.4, -0.2) is 13.2 Å². The molecule has 0 bridgehead atoms. The maximum atomic E-state index is 6.37. The minimum Gasteiger partial charge on any atom is -0.342 e. The number of unbranched alkanes of at least 4 members (excludes halogenated alkanes) is 2. The van der Waals surface area contributed by atoms with Gasteiger partial charge in [-0.2, -0.15) is 0 Å². The highest BCUT2D eigenvalue weighted by Gasteiger charge is 2.36. The summed E-state index contributed by atoms with van der Waals surface area (Å²) in [5.41, 5.74) is 2.11. The molecule has 2 heteroatoms. The summed E-state index contributed by atoms with van der Waals surface area (Å²) in [5, 5.41) is 0. The van der Waals surface area contributed by atoms with Crippen LogP contribution in [0.3, 0.4) is 0 Å². The second kappa shape index (κ2) is 9.49. The van der Waals surface area contributed by atoms with Gasteiger partial charge >= 0.3 is 0 Å². The molecule has 2 rings (SSSR count). The van der Waals surface area contributed by atoms with Crippen LogP contribution in [0.4, 0.5) is 0 Å². The maximum absolute atomic E-state index is 6.37. The molecule has 0 aliphatic carbocycles. The van der Waals surface area contributed by atoms with E-state index in [1.165, 1.54) is 0 Å². The van der Waals surface area contributed by atoms with E-state index in [2.05, 4.69) is 38.1 Å². The van der Waals surface area contributed by atoms with Gasteiger partial charge in [0.15, 0.2) is 0 Å². The van der Waals surface area contributed by atoms with Crippen LogP contribution >= 0.6 is 0 Å². The standard InChI is InChI=1S/C21H28O2/c1-3-5-17-22-21(23-18-6-4-2,19-13-9-7-10-14-19)20-15-11-8-12-16-20/h7-16H,3-6,17-18H2,1-2H3. The van der Waals surface area contributed by atoms with Crippen LogP contribution in [0.2, 0.25) is 0 Å². The minimum absolute atomic E-state index is 0.687. The molecule has 23 heavy (non-hydrogen) atoms. The third-order valence-corrected chi connectivity index (χ3v) is 3.91. The molecule has 0 amide bonds. The van der Waals surface area contributed by atoms with E-state index in [4.69, 9.17) is 9.47 Å². The summed E-state index contributed by atoms with van der Waals surface area (Å²) in [6.07, 6.45) is 4.26. The molecule has 0 unspecified atom stereocenters. The van der Waals surface area contributed by atoms with Crippen LogP contribution in [-0.2, 0) is 15.3 Å². The Labute approximate surface area is 140 Å². The van der Waals surface area contributed by atoms with Gasteiger partial charge in [-0.15, -0.1) is 0 Å². The predicted molar refractivity (Wildman–Crippen MR) is 95.4 cm³/mol. The molecular weight excluding hydrogens is 284 g/mol. The van der Waals surface area contributed by atoms with Crippen molar-refractivity contribution in [2.75, 3.05) is 13.2 Å². The van der Waals surface area contributed by atoms with Gasteiger partial charge in [0.1, 0.15) is 0 Å². The lowest BCUT2D eigenvalue weighted by molar-refractivity contribution is -0.219. The number of ether oxygens (including phenoxy) is 2. The highest BCUT2D eigenvalue weighted by atomic mass is 16.7.